The third-order valence-corrected chi connectivity index (χ3v) is 6.70. The molecular formula is C20H20ClN3O2S. The fraction of sp³-hybridized carbons (Fsp3) is 0.250. The van der Waals surface area contributed by atoms with Crippen molar-refractivity contribution in [3.63, 3.8) is 0 Å². The van der Waals surface area contributed by atoms with E-state index in [9.17, 15) is 8.42 Å². The summed E-state index contributed by atoms with van der Waals surface area (Å²) >= 11 is 6.16. The Morgan fingerprint density at radius 1 is 1.11 bits per heavy atom. The first kappa shape index (κ1) is 18.4. The van der Waals surface area contributed by atoms with Crippen LogP contribution in [0.1, 0.15) is 12.0 Å². The molecule has 0 unspecified atom stereocenters. The van der Waals surface area contributed by atoms with Gasteiger partial charge in [0.25, 0.3) is 0 Å². The van der Waals surface area contributed by atoms with Crippen molar-refractivity contribution in [2.24, 2.45) is 0 Å². The molecule has 0 spiro atoms. The molecule has 1 aliphatic rings. The Bertz CT molecular complexity index is 1060. The Morgan fingerprint density at radius 2 is 1.93 bits per heavy atom. The fourth-order valence-electron chi connectivity index (χ4n) is 3.54. The molecule has 3 aromatic rings. The third-order valence-electron chi connectivity index (χ3n) is 4.81. The molecule has 1 saturated heterocycles. The summed E-state index contributed by atoms with van der Waals surface area (Å²) in [5.41, 5.74) is 1.73. The van der Waals surface area contributed by atoms with Gasteiger partial charge >= 0.3 is 0 Å². The van der Waals surface area contributed by atoms with Crippen molar-refractivity contribution in [1.82, 2.24) is 14.6 Å². The molecule has 2 aromatic carbocycles. The van der Waals surface area contributed by atoms with Crippen LogP contribution in [0.2, 0.25) is 5.02 Å². The number of sulfonamides is 1. The maximum Gasteiger partial charge on any atom is 0.241 e. The minimum absolute atomic E-state index is 0.110. The maximum absolute atomic E-state index is 13.0. The summed E-state index contributed by atoms with van der Waals surface area (Å²) in [5, 5.41) is 0.982. The Morgan fingerprint density at radius 3 is 2.74 bits per heavy atom. The number of hydrogen-bond donors (Lipinski definition) is 1. The van der Waals surface area contributed by atoms with Gasteiger partial charge in [0, 0.05) is 37.3 Å². The first-order valence-corrected chi connectivity index (χ1v) is 10.7. The van der Waals surface area contributed by atoms with E-state index in [1.54, 1.807) is 30.5 Å². The number of rotatable bonds is 5. The molecule has 0 aliphatic carbocycles. The van der Waals surface area contributed by atoms with Crippen LogP contribution in [0.15, 0.2) is 65.7 Å². The number of likely N-dealkylation sites (tertiary alicyclic amines) is 1. The highest BCUT2D eigenvalue weighted by Crippen LogP contribution is 2.28. The number of nitrogens with zero attached hydrogens (tertiary/aromatic N) is 2. The maximum atomic E-state index is 13.0. The summed E-state index contributed by atoms with van der Waals surface area (Å²) < 4.78 is 28.8. The number of pyridine rings is 1. The number of halogens is 1. The van der Waals surface area contributed by atoms with Crippen molar-refractivity contribution < 1.29 is 8.42 Å². The minimum Gasteiger partial charge on any atom is -0.297 e. The van der Waals surface area contributed by atoms with Crippen molar-refractivity contribution in [2.45, 2.75) is 23.9 Å². The molecular weight excluding hydrogens is 382 g/mol. The molecule has 1 N–H and O–H groups in total. The lowest BCUT2D eigenvalue weighted by atomic mass is 10.2. The molecule has 2 heterocycles. The van der Waals surface area contributed by atoms with Gasteiger partial charge in [0.05, 0.1) is 15.4 Å². The molecule has 0 radical (unpaired) electrons. The topological polar surface area (TPSA) is 62.3 Å². The van der Waals surface area contributed by atoms with Crippen LogP contribution >= 0.6 is 11.6 Å². The lowest BCUT2D eigenvalue weighted by molar-refractivity contribution is 0.324. The molecule has 0 amide bonds. The zero-order valence-electron chi connectivity index (χ0n) is 14.7. The van der Waals surface area contributed by atoms with Gasteiger partial charge in [0.1, 0.15) is 0 Å². The lowest BCUT2D eigenvalue weighted by Crippen LogP contribution is -2.37. The molecule has 1 aromatic heterocycles. The van der Waals surface area contributed by atoms with E-state index in [4.69, 9.17) is 11.6 Å². The summed E-state index contributed by atoms with van der Waals surface area (Å²) in [6.45, 7) is 2.38. The Kier molecular flexibility index (Phi) is 5.14. The molecule has 5 nitrogen and oxygen atoms in total. The van der Waals surface area contributed by atoms with Gasteiger partial charge in [-0.3, -0.25) is 9.88 Å². The molecule has 0 saturated carbocycles. The third kappa shape index (κ3) is 3.99. The van der Waals surface area contributed by atoms with Gasteiger partial charge < -0.3 is 0 Å². The summed E-state index contributed by atoms with van der Waals surface area (Å²) in [4.78, 5) is 6.70. The average molecular weight is 402 g/mol. The first-order chi connectivity index (χ1) is 13.0. The van der Waals surface area contributed by atoms with Crippen LogP contribution < -0.4 is 4.72 Å². The molecule has 140 valence electrons. The predicted molar refractivity (Wildman–Crippen MR) is 107 cm³/mol. The Balaban J connectivity index is 1.51. The molecule has 27 heavy (non-hydrogen) atoms. The summed E-state index contributed by atoms with van der Waals surface area (Å²) in [6, 6.07) is 16.7. The van der Waals surface area contributed by atoms with Crippen molar-refractivity contribution in [3.8, 4) is 0 Å². The standard InChI is InChI=1S/C20H20ClN3O2S/c21-18-8-9-19(17-7-4-11-22-20(17)18)27(25,26)23-16-10-12-24(14-16)13-15-5-2-1-3-6-15/h1-9,11,16,23H,10,12-14H2/t16-/m1/s1. The second kappa shape index (κ2) is 7.56. The zero-order valence-corrected chi connectivity index (χ0v) is 16.2. The molecule has 1 fully saturated rings. The number of nitrogens with one attached hydrogen (secondary N) is 1. The largest absolute Gasteiger partial charge is 0.297 e. The van der Waals surface area contributed by atoms with Crippen molar-refractivity contribution >= 4 is 32.5 Å². The second-order valence-electron chi connectivity index (χ2n) is 6.77. The normalized spacial score (nSPS) is 18.2. The van der Waals surface area contributed by atoms with E-state index >= 15 is 0 Å². The number of fused-ring (bicyclic) bond motifs is 1. The van der Waals surface area contributed by atoms with Gasteiger partial charge in [0.15, 0.2) is 0 Å². The van der Waals surface area contributed by atoms with E-state index in [0.717, 1.165) is 19.5 Å². The van der Waals surface area contributed by atoms with E-state index in [2.05, 4.69) is 26.7 Å². The van der Waals surface area contributed by atoms with Crippen LogP contribution in [0.5, 0.6) is 0 Å². The van der Waals surface area contributed by atoms with Gasteiger partial charge in [-0.2, -0.15) is 0 Å². The molecule has 0 bridgehead atoms. The summed E-state index contributed by atoms with van der Waals surface area (Å²) in [7, 11) is -3.66. The molecule has 1 aliphatic heterocycles. The van der Waals surface area contributed by atoms with Crippen LogP contribution in [0.25, 0.3) is 10.9 Å². The highest BCUT2D eigenvalue weighted by atomic mass is 35.5. The van der Waals surface area contributed by atoms with E-state index in [1.807, 2.05) is 18.2 Å². The number of aromatic nitrogens is 1. The van der Waals surface area contributed by atoms with E-state index in [-0.39, 0.29) is 10.9 Å². The van der Waals surface area contributed by atoms with Gasteiger partial charge in [-0.1, -0.05) is 41.9 Å². The Labute approximate surface area is 164 Å². The second-order valence-corrected chi connectivity index (χ2v) is 8.86. The zero-order chi connectivity index (χ0) is 18.9. The highest BCUT2D eigenvalue weighted by molar-refractivity contribution is 7.89. The van der Waals surface area contributed by atoms with E-state index in [0.29, 0.717) is 22.5 Å². The average Bonchev–Trinajstić information content (AvgIpc) is 3.09. The SMILES string of the molecule is O=S(=O)(N[C@@H]1CCN(Cc2ccccc2)C1)c1ccc(Cl)c2ncccc12. The lowest BCUT2D eigenvalue weighted by Gasteiger charge is -2.17. The van der Waals surface area contributed by atoms with Gasteiger partial charge in [-0.05, 0) is 36.2 Å². The molecule has 7 heteroatoms. The van der Waals surface area contributed by atoms with Crippen LogP contribution in [-0.4, -0.2) is 37.4 Å². The Hall–Kier alpha value is -1.99. The van der Waals surface area contributed by atoms with E-state index < -0.39 is 10.0 Å². The number of benzene rings is 2. The summed E-state index contributed by atoms with van der Waals surface area (Å²) in [5.74, 6) is 0. The number of hydrogen-bond acceptors (Lipinski definition) is 4. The smallest absolute Gasteiger partial charge is 0.241 e. The van der Waals surface area contributed by atoms with E-state index in [1.165, 1.54) is 5.56 Å². The fourth-order valence-corrected chi connectivity index (χ4v) is 5.22. The minimum atomic E-state index is -3.66. The highest BCUT2D eigenvalue weighted by Gasteiger charge is 2.28. The van der Waals surface area contributed by atoms with Crippen LogP contribution in [0, 0.1) is 0 Å². The van der Waals surface area contributed by atoms with Gasteiger partial charge in [-0.25, -0.2) is 13.1 Å². The van der Waals surface area contributed by atoms with Gasteiger partial charge in [-0.15, -0.1) is 0 Å². The summed E-state index contributed by atoms with van der Waals surface area (Å²) in [6.07, 6.45) is 2.40. The molecule has 4 rings (SSSR count). The predicted octanol–water partition coefficient (Wildman–Crippen LogP) is 3.44. The van der Waals surface area contributed by atoms with Crippen LogP contribution in [0.4, 0.5) is 0 Å². The quantitative estimate of drug-likeness (QED) is 0.711. The monoisotopic (exact) mass is 401 g/mol. The van der Waals surface area contributed by atoms with Crippen molar-refractivity contribution in [3.05, 3.63) is 71.4 Å². The van der Waals surface area contributed by atoms with Crippen molar-refractivity contribution in [1.29, 1.82) is 0 Å². The van der Waals surface area contributed by atoms with Crippen molar-refractivity contribution in [2.75, 3.05) is 13.1 Å². The first-order valence-electron chi connectivity index (χ1n) is 8.85. The van der Waals surface area contributed by atoms with Gasteiger partial charge in [0.2, 0.25) is 10.0 Å². The van der Waals surface area contributed by atoms with Crippen LogP contribution in [-0.2, 0) is 16.6 Å². The molecule has 1 atom stereocenters. The van der Waals surface area contributed by atoms with Crippen LogP contribution in [0.3, 0.4) is 0 Å².